The van der Waals surface area contributed by atoms with Gasteiger partial charge in [-0.1, -0.05) is 61.0 Å². The van der Waals surface area contributed by atoms with Crippen molar-refractivity contribution in [2.75, 3.05) is 17.4 Å². The number of rotatable bonds is 12. The summed E-state index contributed by atoms with van der Waals surface area (Å²) >= 11 is 0. The third kappa shape index (κ3) is 7.72. The van der Waals surface area contributed by atoms with Crippen LogP contribution in [0.25, 0.3) is 0 Å². The van der Waals surface area contributed by atoms with E-state index in [1.807, 2.05) is 71.0 Å². The molecule has 0 aliphatic carbocycles. The molecule has 7 nitrogen and oxygen atoms in total. The van der Waals surface area contributed by atoms with Crippen LogP contribution in [0.2, 0.25) is 0 Å². The molecule has 3 aromatic carbocycles. The number of nitrogens with zero attached hydrogens (tertiary/aromatic N) is 2. The van der Waals surface area contributed by atoms with Gasteiger partial charge in [-0.2, -0.15) is 0 Å². The van der Waals surface area contributed by atoms with Crippen LogP contribution >= 0.6 is 0 Å². The summed E-state index contributed by atoms with van der Waals surface area (Å²) in [6, 6.07) is 20.8. The van der Waals surface area contributed by atoms with Crippen LogP contribution in [-0.4, -0.2) is 50.3 Å². The van der Waals surface area contributed by atoms with Gasteiger partial charge in [0.05, 0.1) is 10.6 Å². The van der Waals surface area contributed by atoms with Crippen LogP contribution in [0, 0.1) is 20.8 Å². The van der Waals surface area contributed by atoms with E-state index in [4.69, 9.17) is 0 Å². The first-order valence-electron chi connectivity index (χ1n) is 13.7. The van der Waals surface area contributed by atoms with Gasteiger partial charge in [0, 0.05) is 12.6 Å². The lowest BCUT2D eigenvalue weighted by Crippen LogP contribution is -2.53. The zero-order valence-electron chi connectivity index (χ0n) is 24.3. The molecular formula is C32H41N3O4S. The molecule has 1 N–H and O–H groups in total. The van der Waals surface area contributed by atoms with Gasteiger partial charge >= 0.3 is 0 Å². The van der Waals surface area contributed by atoms with E-state index in [0.29, 0.717) is 12.1 Å². The number of benzene rings is 3. The van der Waals surface area contributed by atoms with Crippen LogP contribution in [0.4, 0.5) is 5.69 Å². The fourth-order valence-electron chi connectivity index (χ4n) is 4.28. The van der Waals surface area contributed by atoms with Gasteiger partial charge in [-0.15, -0.1) is 0 Å². The highest BCUT2D eigenvalue weighted by molar-refractivity contribution is 7.92. The second-order valence-corrected chi connectivity index (χ2v) is 12.3. The number of aryl methyl sites for hydroxylation is 3. The highest BCUT2D eigenvalue weighted by Gasteiger charge is 2.32. The predicted octanol–water partition coefficient (Wildman–Crippen LogP) is 5.18. The lowest BCUT2D eigenvalue weighted by Gasteiger charge is -2.32. The molecule has 40 heavy (non-hydrogen) atoms. The molecule has 2 amide bonds. The Morgan fingerprint density at radius 2 is 1.52 bits per heavy atom. The van der Waals surface area contributed by atoms with Crippen LogP contribution < -0.4 is 9.62 Å². The van der Waals surface area contributed by atoms with Gasteiger partial charge in [0.15, 0.2) is 0 Å². The minimum absolute atomic E-state index is 0.0463. The van der Waals surface area contributed by atoms with Crippen molar-refractivity contribution >= 4 is 27.5 Å². The van der Waals surface area contributed by atoms with Gasteiger partial charge in [0.1, 0.15) is 12.6 Å². The molecule has 2 atom stereocenters. The average Bonchev–Trinajstić information content (AvgIpc) is 2.93. The zero-order chi connectivity index (χ0) is 29.4. The number of amides is 2. The summed E-state index contributed by atoms with van der Waals surface area (Å²) < 4.78 is 29.0. The van der Waals surface area contributed by atoms with Gasteiger partial charge in [0.25, 0.3) is 10.0 Å². The zero-order valence-corrected chi connectivity index (χ0v) is 25.2. The molecule has 0 aliphatic heterocycles. The fourth-order valence-corrected chi connectivity index (χ4v) is 5.69. The molecule has 8 heteroatoms. The summed E-state index contributed by atoms with van der Waals surface area (Å²) in [7, 11) is -4.08. The largest absolute Gasteiger partial charge is 0.352 e. The minimum atomic E-state index is -4.08. The van der Waals surface area contributed by atoms with Gasteiger partial charge in [0.2, 0.25) is 11.8 Å². The molecule has 0 aromatic heterocycles. The topological polar surface area (TPSA) is 86.8 Å². The quantitative estimate of drug-likeness (QED) is 0.329. The Bertz CT molecular complexity index is 1410. The van der Waals surface area contributed by atoms with Crippen LogP contribution in [0.1, 0.15) is 49.4 Å². The van der Waals surface area contributed by atoms with Crippen LogP contribution in [-0.2, 0) is 26.0 Å². The molecule has 0 radical (unpaired) electrons. The monoisotopic (exact) mass is 563 g/mol. The van der Waals surface area contributed by atoms with E-state index >= 15 is 0 Å². The maximum atomic E-state index is 14.0. The summed E-state index contributed by atoms with van der Waals surface area (Å²) in [5.41, 5.74) is 4.28. The molecule has 0 saturated carbocycles. The predicted molar refractivity (Wildman–Crippen MR) is 161 cm³/mol. The number of anilines is 1. The lowest BCUT2D eigenvalue weighted by molar-refractivity contribution is -0.139. The molecule has 0 saturated heterocycles. The number of sulfonamides is 1. The number of hydrogen-bond donors (Lipinski definition) is 1. The van der Waals surface area contributed by atoms with E-state index in [1.165, 1.54) is 4.90 Å². The first-order valence-corrected chi connectivity index (χ1v) is 15.2. The molecule has 0 aliphatic rings. The SMILES string of the molecule is CCC(C)NC(=O)C(C)N(CCc1ccccc1)C(=O)CN(c1ccc(C)c(C)c1)S(=O)(=O)c1ccc(C)cc1. The van der Waals surface area contributed by atoms with Crippen molar-refractivity contribution in [3.8, 4) is 0 Å². The number of carbonyl (C=O) groups excluding carboxylic acids is 2. The van der Waals surface area contributed by atoms with Crippen molar-refractivity contribution in [2.24, 2.45) is 0 Å². The smallest absolute Gasteiger partial charge is 0.264 e. The van der Waals surface area contributed by atoms with E-state index in [9.17, 15) is 18.0 Å². The Kier molecular flexibility index (Phi) is 10.5. The van der Waals surface area contributed by atoms with Gasteiger partial charge in [-0.05, 0) is 88.4 Å². The third-order valence-corrected chi connectivity index (χ3v) is 9.11. The Balaban J connectivity index is 2.00. The molecule has 0 bridgehead atoms. The Morgan fingerprint density at radius 1 is 0.875 bits per heavy atom. The fraction of sp³-hybridized carbons (Fsp3) is 0.375. The summed E-state index contributed by atoms with van der Waals surface area (Å²) in [6.07, 6.45) is 1.29. The molecule has 0 spiro atoms. The van der Waals surface area contributed by atoms with Crippen molar-refractivity contribution in [3.05, 3.63) is 95.1 Å². The average molecular weight is 564 g/mol. The second-order valence-electron chi connectivity index (χ2n) is 10.4. The van der Waals surface area contributed by atoms with Crippen LogP contribution in [0.3, 0.4) is 0 Å². The summed E-state index contributed by atoms with van der Waals surface area (Å²) in [5.74, 6) is -0.716. The second kappa shape index (κ2) is 13.6. The first kappa shape index (κ1) is 30.9. The van der Waals surface area contributed by atoms with E-state index in [2.05, 4.69) is 5.32 Å². The molecule has 3 rings (SSSR count). The third-order valence-electron chi connectivity index (χ3n) is 7.32. The summed E-state index contributed by atoms with van der Waals surface area (Å²) in [4.78, 5) is 28.7. The van der Waals surface area contributed by atoms with Crippen molar-refractivity contribution in [1.82, 2.24) is 10.2 Å². The van der Waals surface area contributed by atoms with Crippen molar-refractivity contribution in [3.63, 3.8) is 0 Å². The van der Waals surface area contributed by atoms with Crippen molar-refractivity contribution in [1.29, 1.82) is 0 Å². The van der Waals surface area contributed by atoms with Crippen molar-refractivity contribution in [2.45, 2.75) is 71.4 Å². The van der Waals surface area contributed by atoms with E-state index in [-0.39, 0.29) is 23.4 Å². The summed E-state index contributed by atoms with van der Waals surface area (Å²) in [6.45, 7) is 11.2. The molecular weight excluding hydrogens is 522 g/mol. The van der Waals surface area contributed by atoms with E-state index < -0.39 is 28.5 Å². The molecule has 214 valence electrons. The standard InChI is InChI=1S/C32H41N3O4S/c1-7-26(5)33-32(37)27(6)34(20-19-28-11-9-8-10-12-28)31(36)22-35(29-16-15-24(3)25(4)21-29)40(38,39)30-17-13-23(2)14-18-30/h8-18,21,26-27H,7,19-20,22H2,1-6H3,(H,33,37). The van der Waals surface area contributed by atoms with E-state index in [0.717, 1.165) is 33.0 Å². The number of nitrogens with one attached hydrogen (secondary N) is 1. The van der Waals surface area contributed by atoms with Gasteiger partial charge in [-0.3, -0.25) is 13.9 Å². The highest BCUT2D eigenvalue weighted by Crippen LogP contribution is 2.26. The maximum absolute atomic E-state index is 14.0. The first-order chi connectivity index (χ1) is 18.9. The van der Waals surface area contributed by atoms with Crippen LogP contribution in [0.15, 0.2) is 77.7 Å². The van der Waals surface area contributed by atoms with Crippen molar-refractivity contribution < 1.29 is 18.0 Å². The van der Waals surface area contributed by atoms with E-state index in [1.54, 1.807) is 43.3 Å². The number of hydrogen-bond acceptors (Lipinski definition) is 4. The Morgan fingerprint density at radius 3 is 2.12 bits per heavy atom. The van der Waals surface area contributed by atoms with Gasteiger partial charge < -0.3 is 10.2 Å². The normalized spacial score (nSPS) is 12.8. The van der Waals surface area contributed by atoms with Crippen LogP contribution in [0.5, 0.6) is 0 Å². The lowest BCUT2D eigenvalue weighted by atomic mass is 10.1. The molecule has 0 heterocycles. The highest BCUT2D eigenvalue weighted by atomic mass is 32.2. The number of carbonyl (C=O) groups is 2. The molecule has 3 aromatic rings. The minimum Gasteiger partial charge on any atom is -0.352 e. The van der Waals surface area contributed by atoms with Gasteiger partial charge in [-0.25, -0.2) is 8.42 Å². The molecule has 0 fully saturated rings. The summed E-state index contributed by atoms with van der Waals surface area (Å²) in [5, 5.41) is 2.96. The Labute approximate surface area is 239 Å². The molecule has 2 unspecified atom stereocenters. The Hall–Kier alpha value is -3.65. The maximum Gasteiger partial charge on any atom is 0.264 e.